The molecule has 0 saturated heterocycles. The van der Waals surface area contributed by atoms with Crippen LogP contribution >= 0.6 is 54.5 Å². The number of hydrogen-bond donors (Lipinski definition) is 0. The summed E-state index contributed by atoms with van der Waals surface area (Å²) in [6, 6.07) is 8.61. The summed E-state index contributed by atoms with van der Waals surface area (Å²) in [5, 5.41) is 0. The molecule has 0 N–H and O–H groups in total. The van der Waals surface area contributed by atoms with E-state index in [9.17, 15) is 0 Å². The molecule has 16 heavy (non-hydrogen) atoms. The van der Waals surface area contributed by atoms with Crippen LogP contribution < -0.4 is 0 Å². The van der Waals surface area contributed by atoms with Crippen molar-refractivity contribution in [3.63, 3.8) is 0 Å². The molecule has 0 nitrogen and oxygen atoms in total. The molecule has 0 aliphatic rings. The Balaban J connectivity index is 2.27. The fraction of sp³-hybridized carbons (Fsp3) is 0. The fourth-order valence-corrected chi connectivity index (χ4v) is 4.10. The molecule has 2 aromatic heterocycles. The molecule has 0 amide bonds. The van der Waals surface area contributed by atoms with E-state index in [1.807, 2.05) is 9.97 Å². The standard InChI is InChI=1S/C12H8Br2S2/c13-7-5-9-1-3-11(15-9)12-4-2-10(16-12)6-8-14/h1-8H/b7-5-,8-6-. The van der Waals surface area contributed by atoms with E-state index in [2.05, 4.69) is 68.3 Å². The van der Waals surface area contributed by atoms with Gasteiger partial charge in [-0.15, -0.1) is 22.7 Å². The third-order valence-corrected chi connectivity index (χ3v) is 4.78. The average Bonchev–Trinajstić information content (AvgIpc) is 2.87. The highest BCUT2D eigenvalue weighted by Crippen LogP contribution is 2.34. The average molecular weight is 376 g/mol. The van der Waals surface area contributed by atoms with Crippen LogP contribution in [0.15, 0.2) is 34.2 Å². The van der Waals surface area contributed by atoms with E-state index < -0.39 is 0 Å². The van der Waals surface area contributed by atoms with E-state index in [0.717, 1.165) is 0 Å². The molecule has 2 rings (SSSR count). The molecule has 2 heterocycles. The monoisotopic (exact) mass is 374 g/mol. The normalized spacial score (nSPS) is 11.9. The molecule has 0 bridgehead atoms. The third kappa shape index (κ3) is 2.94. The molecule has 0 aromatic carbocycles. The van der Waals surface area contributed by atoms with E-state index >= 15 is 0 Å². The first-order chi connectivity index (χ1) is 7.83. The molecule has 0 saturated carbocycles. The lowest BCUT2D eigenvalue weighted by Gasteiger charge is -1.88. The minimum atomic E-state index is 1.26. The predicted octanol–water partition coefficient (Wildman–Crippen LogP) is 6.21. The van der Waals surface area contributed by atoms with Crippen molar-refractivity contribution in [2.45, 2.75) is 0 Å². The summed E-state index contributed by atoms with van der Waals surface area (Å²) in [5.74, 6) is 0. The van der Waals surface area contributed by atoms with Gasteiger partial charge in [-0.3, -0.25) is 0 Å². The van der Waals surface area contributed by atoms with Gasteiger partial charge in [0.05, 0.1) is 0 Å². The first-order valence-electron chi connectivity index (χ1n) is 4.57. The van der Waals surface area contributed by atoms with E-state index in [-0.39, 0.29) is 0 Å². The van der Waals surface area contributed by atoms with Gasteiger partial charge in [-0.05, 0) is 46.4 Å². The maximum absolute atomic E-state index is 3.29. The lowest BCUT2D eigenvalue weighted by Crippen LogP contribution is -1.56. The predicted molar refractivity (Wildman–Crippen MR) is 83.6 cm³/mol. The summed E-state index contributed by atoms with van der Waals surface area (Å²) in [5.41, 5.74) is 0. The Hall–Kier alpha value is -0.160. The molecule has 0 atom stereocenters. The Kier molecular flexibility index (Phi) is 4.58. The molecule has 82 valence electrons. The summed E-state index contributed by atoms with van der Waals surface area (Å²) in [4.78, 5) is 8.93. The lowest BCUT2D eigenvalue weighted by molar-refractivity contribution is 1.90. The highest BCUT2D eigenvalue weighted by atomic mass is 79.9. The van der Waals surface area contributed by atoms with Gasteiger partial charge in [-0.1, -0.05) is 31.9 Å². The minimum Gasteiger partial charge on any atom is -0.135 e. The Bertz CT molecular complexity index is 472. The smallest absolute Gasteiger partial charge is 0.0449 e. The summed E-state index contributed by atoms with van der Waals surface area (Å²) in [7, 11) is 0. The van der Waals surface area contributed by atoms with Crippen LogP contribution in [-0.2, 0) is 0 Å². The molecular formula is C12H8Br2S2. The Morgan fingerprint density at radius 2 is 1.19 bits per heavy atom. The van der Waals surface area contributed by atoms with E-state index in [1.165, 1.54) is 19.5 Å². The van der Waals surface area contributed by atoms with Crippen molar-refractivity contribution < 1.29 is 0 Å². The van der Waals surface area contributed by atoms with Crippen LogP contribution in [0.2, 0.25) is 0 Å². The summed E-state index contributed by atoms with van der Waals surface area (Å²) < 4.78 is 0. The highest BCUT2D eigenvalue weighted by molar-refractivity contribution is 9.11. The van der Waals surface area contributed by atoms with Crippen LogP contribution in [0.3, 0.4) is 0 Å². The van der Waals surface area contributed by atoms with Gasteiger partial charge < -0.3 is 0 Å². The Morgan fingerprint density at radius 1 is 0.750 bits per heavy atom. The van der Waals surface area contributed by atoms with E-state index in [4.69, 9.17) is 0 Å². The van der Waals surface area contributed by atoms with Crippen molar-refractivity contribution in [3.05, 3.63) is 44.0 Å². The minimum absolute atomic E-state index is 1.26. The van der Waals surface area contributed by atoms with Gasteiger partial charge in [0.25, 0.3) is 0 Å². The summed E-state index contributed by atoms with van der Waals surface area (Å²) in [6.07, 6.45) is 4.11. The van der Waals surface area contributed by atoms with Gasteiger partial charge in [0.1, 0.15) is 0 Å². The van der Waals surface area contributed by atoms with Gasteiger partial charge in [0.2, 0.25) is 0 Å². The molecule has 0 radical (unpaired) electrons. The van der Waals surface area contributed by atoms with Crippen molar-refractivity contribution in [1.82, 2.24) is 0 Å². The zero-order valence-electron chi connectivity index (χ0n) is 8.19. The van der Waals surface area contributed by atoms with Crippen LogP contribution in [-0.4, -0.2) is 0 Å². The maximum Gasteiger partial charge on any atom is 0.0449 e. The topological polar surface area (TPSA) is 0 Å². The SMILES string of the molecule is Br/C=C\c1ccc(-c2ccc(/C=C\Br)s2)s1. The highest BCUT2D eigenvalue weighted by Gasteiger charge is 2.03. The molecule has 0 aliphatic heterocycles. The van der Waals surface area contributed by atoms with Crippen molar-refractivity contribution in [1.29, 1.82) is 0 Å². The largest absolute Gasteiger partial charge is 0.135 e. The lowest BCUT2D eigenvalue weighted by atomic mass is 10.3. The van der Waals surface area contributed by atoms with Crippen LogP contribution in [0.5, 0.6) is 0 Å². The zero-order valence-corrected chi connectivity index (χ0v) is 13.0. The van der Waals surface area contributed by atoms with Crippen LogP contribution in [0.25, 0.3) is 21.9 Å². The third-order valence-electron chi connectivity index (χ3n) is 1.95. The van der Waals surface area contributed by atoms with Gasteiger partial charge in [0, 0.05) is 19.5 Å². The van der Waals surface area contributed by atoms with Gasteiger partial charge in [-0.2, -0.15) is 0 Å². The summed E-state index contributed by atoms with van der Waals surface area (Å²) >= 11 is 10.2. The van der Waals surface area contributed by atoms with Crippen molar-refractivity contribution in [3.8, 4) is 9.75 Å². The van der Waals surface area contributed by atoms with Crippen molar-refractivity contribution >= 4 is 66.7 Å². The van der Waals surface area contributed by atoms with E-state index in [1.54, 1.807) is 22.7 Å². The second kappa shape index (κ2) is 5.96. The molecule has 0 aliphatic carbocycles. The Labute approximate surface area is 120 Å². The van der Waals surface area contributed by atoms with Crippen LogP contribution in [0.1, 0.15) is 9.75 Å². The van der Waals surface area contributed by atoms with E-state index in [0.29, 0.717) is 0 Å². The second-order valence-corrected chi connectivity index (χ2v) is 6.28. The van der Waals surface area contributed by atoms with Crippen molar-refractivity contribution in [2.24, 2.45) is 0 Å². The fourth-order valence-electron chi connectivity index (χ4n) is 1.27. The molecule has 2 aromatic rings. The van der Waals surface area contributed by atoms with Crippen molar-refractivity contribution in [2.75, 3.05) is 0 Å². The number of rotatable bonds is 3. The van der Waals surface area contributed by atoms with Gasteiger partial charge in [-0.25, -0.2) is 0 Å². The number of thiophene rings is 2. The van der Waals surface area contributed by atoms with Crippen LogP contribution in [0, 0.1) is 0 Å². The summed E-state index contributed by atoms with van der Waals surface area (Å²) in [6.45, 7) is 0. The maximum atomic E-state index is 3.29. The van der Waals surface area contributed by atoms with Crippen LogP contribution in [0.4, 0.5) is 0 Å². The molecular weight excluding hydrogens is 368 g/mol. The molecule has 0 spiro atoms. The second-order valence-electron chi connectivity index (χ2n) is 2.99. The molecule has 0 unspecified atom stereocenters. The Morgan fingerprint density at radius 3 is 1.56 bits per heavy atom. The zero-order chi connectivity index (χ0) is 11.4. The van der Waals surface area contributed by atoms with Gasteiger partial charge in [0.15, 0.2) is 0 Å². The first kappa shape index (κ1) is 12.3. The molecule has 4 heteroatoms. The van der Waals surface area contributed by atoms with Gasteiger partial charge >= 0.3 is 0 Å². The molecule has 0 fully saturated rings. The quantitative estimate of drug-likeness (QED) is 0.598. The number of hydrogen-bond acceptors (Lipinski definition) is 2. The first-order valence-corrected chi connectivity index (χ1v) is 8.03. The number of halogens is 2.